The summed E-state index contributed by atoms with van der Waals surface area (Å²) in [5.74, 6) is 0.852. The molecule has 6 nitrogen and oxygen atoms in total. The van der Waals surface area contributed by atoms with E-state index in [9.17, 15) is 18.0 Å². The molecule has 3 atom stereocenters. The number of aryl methyl sites for hydroxylation is 1. The van der Waals surface area contributed by atoms with E-state index in [1.165, 1.54) is 41.8 Å². The topological polar surface area (TPSA) is 83.5 Å². The van der Waals surface area contributed by atoms with Gasteiger partial charge < -0.3 is 10.2 Å². The van der Waals surface area contributed by atoms with E-state index in [-0.39, 0.29) is 21.6 Å². The Hall–Kier alpha value is -3.45. The van der Waals surface area contributed by atoms with Gasteiger partial charge in [-0.2, -0.15) is 0 Å². The Labute approximate surface area is 237 Å². The lowest BCUT2D eigenvalue weighted by Gasteiger charge is -2.31. The van der Waals surface area contributed by atoms with E-state index in [0.29, 0.717) is 23.8 Å². The highest BCUT2D eigenvalue weighted by Gasteiger charge is 2.38. The summed E-state index contributed by atoms with van der Waals surface area (Å²) in [6, 6.07) is 22.4. The Bertz CT molecular complexity index is 1410. The van der Waals surface area contributed by atoms with Crippen molar-refractivity contribution in [3.8, 4) is 0 Å². The molecule has 0 unspecified atom stereocenters. The number of carbonyl (C=O) groups is 2. The van der Waals surface area contributed by atoms with Crippen molar-refractivity contribution in [1.82, 2.24) is 10.2 Å². The Kier molecular flexibility index (Phi) is 8.69. The minimum Gasteiger partial charge on any atom is -0.341 e. The number of nitrogens with zero attached hydrogens (tertiary/aromatic N) is 1. The standard InChI is InChI=1S/C33H38N2O4S/c1-24-13-15-25(16-14-24)30-23-27(30)9-8-12-31(33(37)35-21-6-3-7-22-35)34-32(36)26-17-19-29(20-18-26)40(38,39)28-10-4-2-5-11-28/h2,4-5,10-11,13-20,27,30-31H,3,6-9,12,21-23H2,1H3,(H,34,36)/t27-,30+,31+/m1/s1. The third-order valence-corrected chi connectivity index (χ3v) is 10.0. The number of hydrogen-bond acceptors (Lipinski definition) is 4. The molecule has 40 heavy (non-hydrogen) atoms. The summed E-state index contributed by atoms with van der Waals surface area (Å²) in [4.78, 5) is 28.9. The van der Waals surface area contributed by atoms with E-state index < -0.39 is 15.9 Å². The Morgan fingerprint density at radius 1 is 0.875 bits per heavy atom. The van der Waals surface area contributed by atoms with Gasteiger partial charge in [0.25, 0.3) is 5.91 Å². The molecule has 210 valence electrons. The normalized spacial score (nSPS) is 19.6. The summed E-state index contributed by atoms with van der Waals surface area (Å²) in [7, 11) is -3.67. The highest BCUT2D eigenvalue weighted by atomic mass is 32.2. The summed E-state index contributed by atoms with van der Waals surface area (Å²) in [5, 5.41) is 2.98. The molecular weight excluding hydrogens is 520 g/mol. The van der Waals surface area contributed by atoms with Gasteiger partial charge in [-0.25, -0.2) is 8.42 Å². The fraction of sp³-hybridized carbons (Fsp3) is 0.394. The second-order valence-electron chi connectivity index (χ2n) is 11.2. The van der Waals surface area contributed by atoms with Crippen molar-refractivity contribution in [3.05, 3.63) is 95.6 Å². The summed E-state index contributed by atoms with van der Waals surface area (Å²) in [5.41, 5.74) is 3.00. The Morgan fingerprint density at radius 2 is 1.52 bits per heavy atom. The molecule has 3 aromatic rings. The van der Waals surface area contributed by atoms with Crippen molar-refractivity contribution in [1.29, 1.82) is 0 Å². The van der Waals surface area contributed by atoms with Gasteiger partial charge in [-0.3, -0.25) is 9.59 Å². The van der Waals surface area contributed by atoms with Crippen LogP contribution in [-0.4, -0.2) is 44.3 Å². The maximum absolute atomic E-state index is 13.4. The number of rotatable bonds is 10. The molecule has 1 saturated heterocycles. The van der Waals surface area contributed by atoms with Crippen LogP contribution in [0.5, 0.6) is 0 Å². The number of likely N-dealkylation sites (tertiary alicyclic amines) is 1. The smallest absolute Gasteiger partial charge is 0.251 e. The first-order chi connectivity index (χ1) is 19.3. The average Bonchev–Trinajstić information content (AvgIpc) is 3.77. The molecule has 0 radical (unpaired) electrons. The number of carbonyl (C=O) groups excluding carboxylic acids is 2. The van der Waals surface area contributed by atoms with Crippen molar-refractivity contribution >= 4 is 21.7 Å². The molecule has 5 rings (SSSR count). The predicted octanol–water partition coefficient (Wildman–Crippen LogP) is 5.91. The van der Waals surface area contributed by atoms with Crippen LogP contribution in [0.3, 0.4) is 0 Å². The molecule has 1 aliphatic heterocycles. The molecule has 3 aromatic carbocycles. The van der Waals surface area contributed by atoms with Crippen LogP contribution in [-0.2, 0) is 14.6 Å². The molecule has 2 amide bonds. The Morgan fingerprint density at radius 3 is 2.20 bits per heavy atom. The van der Waals surface area contributed by atoms with Gasteiger partial charge in [0.15, 0.2) is 0 Å². The van der Waals surface area contributed by atoms with Gasteiger partial charge in [-0.05, 0) is 99.2 Å². The van der Waals surface area contributed by atoms with Crippen LogP contribution in [0.2, 0.25) is 0 Å². The number of hydrogen-bond donors (Lipinski definition) is 1. The molecule has 0 spiro atoms. The largest absolute Gasteiger partial charge is 0.341 e. The fourth-order valence-electron chi connectivity index (χ4n) is 5.73. The SMILES string of the molecule is Cc1ccc([C@@H]2C[C@H]2CCC[C@H](NC(=O)c2ccc(S(=O)(=O)c3ccccc3)cc2)C(=O)N2CCCCC2)cc1. The zero-order valence-electron chi connectivity index (χ0n) is 23.1. The molecule has 0 bridgehead atoms. The van der Waals surface area contributed by atoms with Crippen molar-refractivity contribution in [2.75, 3.05) is 13.1 Å². The van der Waals surface area contributed by atoms with Crippen LogP contribution in [0.25, 0.3) is 0 Å². The second-order valence-corrected chi connectivity index (χ2v) is 13.1. The maximum atomic E-state index is 13.4. The second kappa shape index (κ2) is 12.4. The monoisotopic (exact) mass is 558 g/mol. The number of nitrogens with one attached hydrogen (secondary N) is 1. The van der Waals surface area contributed by atoms with Crippen molar-refractivity contribution < 1.29 is 18.0 Å². The lowest BCUT2D eigenvalue weighted by Crippen LogP contribution is -2.50. The van der Waals surface area contributed by atoms with Crippen LogP contribution in [0, 0.1) is 12.8 Å². The van der Waals surface area contributed by atoms with Gasteiger partial charge in [-0.1, -0.05) is 54.4 Å². The molecule has 1 saturated carbocycles. The van der Waals surface area contributed by atoms with E-state index in [0.717, 1.165) is 45.2 Å². The molecule has 1 N–H and O–H groups in total. The quantitative estimate of drug-likeness (QED) is 0.335. The van der Waals surface area contributed by atoms with Gasteiger partial charge in [0.1, 0.15) is 6.04 Å². The van der Waals surface area contributed by atoms with Crippen LogP contribution in [0.15, 0.2) is 88.7 Å². The van der Waals surface area contributed by atoms with E-state index in [2.05, 4.69) is 36.5 Å². The Balaban J connectivity index is 1.22. The molecule has 1 aliphatic carbocycles. The summed E-state index contributed by atoms with van der Waals surface area (Å²) in [6.45, 7) is 3.56. The lowest BCUT2D eigenvalue weighted by molar-refractivity contribution is -0.134. The first-order valence-electron chi connectivity index (χ1n) is 14.4. The fourth-order valence-corrected chi connectivity index (χ4v) is 7.01. The summed E-state index contributed by atoms with van der Waals surface area (Å²) in [6.07, 6.45) is 6.78. The van der Waals surface area contributed by atoms with Gasteiger partial charge in [0.05, 0.1) is 9.79 Å². The zero-order chi connectivity index (χ0) is 28.1. The van der Waals surface area contributed by atoms with Crippen LogP contribution < -0.4 is 5.32 Å². The minimum atomic E-state index is -3.67. The third-order valence-electron chi connectivity index (χ3n) is 8.25. The van der Waals surface area contributed by atoms with Gasteiger partial charge in [-0.15, -0.1) is 0 Å². The molecular formula is C33H38N2O4S. The van der Waals surface area contributed by atoms with Crippen molar-refractivity contribution in [3.63, 3.8) is 0 Å². The van der Waals surface area contributed by atoms with Gasteiger partial charge in [0.2, 0.25) is 15.7 Å². The molecule has 2 fully saturated rings. The average molecular weight is 559 g/mol. The zero-order valence-corrected chi connectivity index (χ0v) is 23.9. The van der Waals surface area contributed by atoms with E-state index in [1.54, 1.807) is 30.3 Å². The molecule has 0 aromatic heterocycles. The molecule has 1 heterocycles. The highest BCUT2D eigenvalue weighted by Crippen LogP contribution is 2.50. The maximum Gasteiger partial charge on any atom is 0.251 e. The summed E-state index contributed by atoms with van der Waals surface area (Å²) < 4.78 is 25.8. The van der Waals surface area contributed by atoms with E-state index >= 15 is 0 Å². The first kappa shape index (κ1) is 28.1. The predicted molar refractivity (Wildman–Crippen MR) is 156 cm³/mol. The number of benzene rings is 3. The van der Waals surface area contributed by atoms with Crippen LogP contribution >= 0.6 is 0 Å². The summed E-state index contributed by atoms with van der Waals surface area (Å²) >= 11 is 0. The van der Waals surface area contributed by atoms with Crippen LogP contribution in [0.1, 0.15) is 72.3 Å². The molecule has 2 aliphatic rings. The van der Waals surface area contributed by atoms with Gasteiger partial charge >= 0.3 is 0 Å². The minimum absolute atomic E-state index is 0.0118. The number of sulfone groups is 1. The number of amides is 2. The third kappa shape index (κ3) is 6.64. The van der Waals surface area contributed by atoms with Crippen molar-refractivity contribution in [2.24, 2.45) is 5.92 Å². The number of piperidine rings is 1. The van der Waals surface area contributed by atoms with Crippen molar-refractivity contribution in [2.45, 2.75) is 73.6 Å². The highest BCUT2D eigenvalue weighted by molar-refractivity contribution is 7.91. The molecule has 7 heteroatoms. The van der Waals surface area contributed by atoms with Gasteiger partial charge in [0, 0.05) is 18.7 Å². The first-order valence-corrected chi connectivity index (χ1v) is 15.9. The van der Waals surface area contributed by atoms with Crippen LogP contribution in [0.4, 0.5) is 0 Å². The van der Waals surface area contributed by atoms with E-state index in [4.69, 9.17) is 0 Å². The van der Waals surface area contributed by atoms with E-state index in [1.807, 2.05) is 4.90 Å². The lowest BCUT2D eigenvalue weighted by atomic mass is 10.0.